The molecule has 1 aromatic heterocycles. The van der Waals surface area contributed by atoms with Crippen LogP contribution in [0.3, 0.4) is 0 Å². The van der Waals surface area contributed by atoms with Crippen molar-refractivity contribution in [3.05, 3.63) is 71.7 Å². The fourth-order valence-corrected chi connectivity index (χ4v) is 3.76. The molecule has 0 spiro atoms. The molecule has 0 aliphatic carbocycles. The van der Waals surface area contributed by atoms with Gasteiger partial charge in [-0.2, -0.15) is 0 Å². The van der Waals surface area contributed by atoms with Gasteiger partial charge in [-0.15, -0.1) is 0 Å². The molecular formula is C22H20FN3O3. The number of halogens is 1. The molecule has 1 aliphatic heterocycles. The standard InChI is InChI=1S/C22H20FN3O3/c1-14-13-25(21(28)15-6-3-2-4-7-15)10-11-26(14)22(29)20(27)17-12-24-19-16(17)8-5-9-18(19)23/h2-9,12,14,24H,10-11,13H2,1H3/t14-/m1/s1. The summed E-state index contributed by atoms with van der Waals surface area (Å²) in [5, 5.41) is 0.383. The van der Waals surface area contributed by atoms with E-state index in [9.17, 15) is 18.8 Å². The highest BCUT2D eigenvalue weighted by Gasteiger charge is 2.34. The minimum absolute atomic E-state index is 0.0945. The smallest absolute Gasteiger partial charge is 0.295 e. The van der Waals surface area contributed by atoms with E-state index in [4.69, 9.17) is 0 Å². The summed E-state index contributed by atoms with van der Waals surface area (Å²) in [5.74, 6) is -1.90. The van der Waals surface area contributed by atoms with Crippen LogP contribution in [0.1, 0.15) is 27.6 Å². The fraction of sp³-hybridized carbons (Fsp3) is 0.227. The maximum atomic E-state index is 13.9. The molecule has 2 heterocycles. The van der Waals surface area contributed by atoms with Crippen LogP contribution in [0.25, 0.3) is 10.9 Å². The van der Waals surface area contributed by atoms with E-state index in [1.54, 1.807) is 35.2 Å². The Morgan fingerprint density at radius 1 is 1.03 bits per heavy atom. The summed E-state index contributed by atoms with van der Waals surface area (Å²) in [6, 6.07) is 13.1. The Labute approximate surface area is 166 Å². The van der Waals surface area contributed by atoms with Crippen LogP contribution >= 0.6 is 0 Å². The Kier molecular flexibility index (Phi) is 4.88. The van der Waals surface area contributed by atoms with Gasteiger partial charge in [0, 0.05) is 42.8 Å². The lowest BCUT2D eigenvalue weighted by Gasteiger charge is -2.39. The zero-order valence-corrected chi connectivity index (χ0v) is 15.9. The van der Waals surface area contributed by atoms with E-state index in [2.05, 4.69) is 4.98 Å². The van der Waals surface area contributed by atoms with E-state index in [1.165, 1.54) is 23.2 Å². The van der Waals surface area contributed by atoms with Crippen molar-refractivity contribution < 1.29 is 18.8 Å². The van der Waals surface area contributed by atoms with Gasteiger partial charge < -0.3 is 14.8 Å². The molecule has 29 heavy (non-hydrogen) atoms. The Morgan fingerprint density at radius 2 is 1.79 bits per heavy atom. The topological polar surface area (TPSA) is 73.5 Å². The van der Waals surface area contributed by atoms with Crippen LogP contribution in [0.15, 0.2) is 54.7 Å². The predicted octanol–water partition coefficient (Wildman–Crippen LogP) is 2.86. The monoisotopic (exact) mass is 393 g/mol. The van der Waals surface area contributed by atoms with Crippen molar-refractivity contribution >= 4 is 28.5 Å². The molecule has 1 aliphatic rings. The van der Waals surface area contributed by atoms with Crippen molar-refractivity contribution in [2.75, 3.05) is 19.6 Å². The Bertz CT molecular complexity index is 1090. The molecule has 0 bridgehead atoms. The van der Waals surface area contributed by atoms with E-state index in [0.29, 0.717) is 24.0 Å². The summed E-state index contributed by atoms with van der Waals surface area (Å²) >= 11 is 0. The predicted molar refractivity (Wildman–Crippen MR) is 106 cm³/mol. The third-order valence-electron chi connectivity index (χ3n) is 5.30. The van der Waals surface area contributed by atoms with Crippen molar-refractivity contribution in [2.45, 2.75) is 13.0 Å². The summed E-state index contributed by atoms with van der Waals surface area (Å²) in [6.45, 7) is 2.76. The number of Topliss-reactive ketones (excluding diaryl/α,β-unsaturated/α-hetero) is 1. The first-order chi connectivity index (χ1) is 14.0. The average Bonchev–Trinajstić information content (AvgIpc) is 3.18. The minimum atomic E-state index is -0.684. The fourth-order valence-electron chi connectivity index (χ4n) is 3.76. The van der Waals surface area contributed by atoms with Crippen LogP contribution in [0.5, 0.6) is 0 Å². The number of carbonyl (C=O) groups excluding carboxylic acids is 3. The van der Waals surface area contributed by atoms with E-state index >= 15 is 0 Å². The Hall–Kier alpha value is -3.48. The molecule has 7 heteroatoms. The third-order valence-corrected chi connectivity index (χ3v) is 5.30. The highest BCUT2D eigenvalue weighted by atomic mass is 19.1. The van der Waals surface area contributed by atoms with Crippen molar-refractivity contribution in [1.82, 2.24) is 14.8 Å². The first-order valence-electron chi connectivity index (χ1n) is 9.42. The number of amides is 2. The Morgan fingerprint density at radius 3 is 2.52 bits per heavy atom. The maximum absolute atomic E-state index is 13.9. The van der Waals surface area contributed by atoms with Gasteiger partial charge in [0.05, 0.1) is 11.1 Å². The number of H-pyrrole nitrogens is 1. The Balaban J connectivity index is 1.49. The average molecular weight is 393 g/mol. The van der Waals surface area contributed by atoms with Crippen LogP contribution < -0.4 is 0 Å². The zero-order chi connectivity index (χ0) is 20.5. The first kappa shape index (κ1) is 18.9. The maximum Gasteiger partial charge on any atom is 0.295 e. The van der Waals surface area contributed by atoms with Gasteiger partial charge in [-0.25, -0.2) is 4.39 Å². The number of rotatable bonds is 3. The van der Waals surface area contributed by atoms with Gasteiger partial charge in [0.1, 0.15) is 5.82 Å². The van der Waals surface area contributed by atoms with Gasteiger partial charge in [0.15, 0.2) is 0 Å². The van der Waals surface area contributed by atoms with Crippen molar-refractivity contribution in [3.63, 3.8) is 0 Å². The molecule has 1 saturated heterocycles. The number of nitrogens with one attached hydrogen (secondary N) is 1. The largest absolute Gasteiger partial charge is 0.358 e. The molecule has 0 radical (unpaired) electrons. The number of hydrogen-bond donors (Lipinski definition) is 1. The lowest BCUT2D eigenvalue weighted by Crippen LogP contribution is -2.56. The molecule has 3 aromatic rings. The molecule has 6 nitrogen and oxygen atoms in total. The number of piperazine rings is 1. The molecule has 0 saturated carbocycles. The van der Waals surface area contributed by atoms with E-state index in [-0.39, 0.29) is 29.6 Å². The van der Waals surface area contributed by atoms with Crippen LogP contribution in [-0.2, 0) is 4.79 Å². The molecule has 148 valence electrons. The number of hydrogen-bond acceptors (Lipinski definition) is 3. The minimum Gasteiger partial charge on any atom is -0.358 e. The second kappa shape index (κ2) is 7.50. The second-order valence-electron chi connectivity index (χ2n) is 7.16. The van der Waals surface area contributed by atoms with Gasteiger partial charge in [0.2, 0.25) is 0 Å². The molecule has 2 aromatic carbocycles. The molecule has 1 N–H and O–H groups in total. The summed E-state index contributed by atoms with van der Waals surface area (Å²) in [7, 11) is 0. The van der Waals surface area contributed by atoms with Crippen LogP contribution in [-0.4, -0.2) is 58.1 Å². The number of carbonyl (C=O) groups is 3. The lowest BCUT2D eigenvalue weighted by molar-refractivity contribution is -0.130. The van der Waals surface area contributed by atoms with Crippen molar-refractivity contribution in [1.29, 1.82) is 0 Å². The van der Waals surface area contributed by atoms with Crippen LogP contribution in [0.4, 0.5) is 4.39 Å². The first-order valence-corrected chi connectivity index (χ1v) is 9.42. The quantitative estimate of drug-likeness (QED) is 0.549. The normalized spacial score (nSPS) is 16.8. The molecular weight excluding hydrogens is 373 g/mol. The van der Waals surface area contributed by atoms with Gasteiger partial charge in [-0.05, 0) is 25.1 Å². The number of para-hydroxylation sites is 1. The molecule has 4 rings (SSSR count). The summed E-state index contributed by atoms with van der Waals surface area (Å²) in [5.41, 5.74) is 0.950. The highest BCUT2D eigenvalue weighted by molar-refractivity contribution is 6.45. The van der Waals surface area contributed by atoms with E-state index in [0.717, 1.165) is 0 Å². The van der Waals surface area contributed by atoms with Gasteiger partial charge in [-0.1, -0.05) is 30.3 Å². The number of benzene rings is 2. The third kappa shape index (κ3) is 3.40. The molecule has 2 amide bonds. The van der Waals surface area contributed by atoms with Crippen LogP contribution in [0, 0.1) is 5.82 Å². The van der Waals surface area contributed by atoms with Gasteiger partial charge in [-0.3, -0.25) is 14.4 Å². The number of fused-ring (bicyclic) bond motifs is 1. The summed E-state index contributed by atoms with van der Waals surface area (Å²) in [4.78, 5) is 44.2. The van der Waals surface area contributed by atoms with Crippen molar-refractivity contribution in [3.8, 4) is 0 Å². The number of aromatic amines is 1. The molecule has 0 unspecified atom stereocenters. The van der Waals surface area contributed by atoms with Gasteiger partial charge in [0.25, 0.3) is 17.6 Å². The summed E-state index contributed by atoms with van der Waals surface area (Å²) < 4.78 is 13.9. The second-order valence-corrected chi connectivity index (χ2v) is 7.16. The number of aromatic nitrogens is 1. The lowest BCUT2D eigenvalue weighted by atomic mass is 10.1. The van der Waals surface area contributed by atoms with Crippen molar-refractivity contribution in [2.24, 2.45) is 0 Å². The van der Waals surface area contributed by atoms with E-state index in [1.807, 2.05) is 13.0 Å². The van der Waals surface area contributed by atoms with Crippen LogP contribution in [0.2, 0.25) is 0 Å². The molecule has 1 atom stereocenters. The SMILES string of the molecule is C[C@@H]1CN(C(=O)c2ccccc2)CCN1C(=O)C(=O)c1c[nH]c2c(F)cccc12. The highest BCUT2D eigenvalue weighted by Crippen LogP contribution is 2.23. The molecule has 1 fully saturated rings. The number of ketones is 1. The van der Waals surface area contributed by atoms with E-state index < -0.39 is 17.5 Å². The zero-order valence-electron chi connectivity index (χ0n) is 15.9. The summed E-state index contributed by atoms with van der Waals surface area (Å²) in [6.07, 6.45) is 1.37. The number of nitrogens with zero attached hydrogens (tertiary/aromatic N) is 2. The van der Waals surface area contributed by atoms with Gasteiger partial charge >= 0.3 is 0 Å².